The first-order valence-electron chi connectivity index (χ1n) is 8.12. The highest BCUT2D eigenvalue weighted by molar-refractivity contribution is 5.90. The summed E-state index contributed by atoms with van der Waals surface area (Å²) in [5, 5.41) is 2.90. The van der Waals surface area contributed by atoms with Gasteiger partial charge in [-0.1, -0.05) is 32.6 Å². The molecule has 5 heteroatoms. The molecule has 0 bridgehead atoms. The lowest BCUT2D eigenvalue weighted by molar-refractivity contribution is -0.116. The second kappa shape index (κ2) is 9.56. The van der Waals surface area contributed by atoms with Crippen LogP contribution in [0.4, 0.5) is 5.69 Å². The van der Waals surface area contributed by atoms with Crippen LogP contribution in [-0.4, -0.2) is 15.9 Å². The van der Waals surface area contributed by atoms with E-state index in [1.807, 2.05) is 12.1 Å². The van der Waals surface area contributed by atoms with Crippen LogP contribution in [0.3, 0.4) is 0 Å². The number of hydrogen-bond acceptors (Lipinski definition) is 4. The summed E-state index contributed by atoms with van der Waals surface area (Å²) in [5.41, 5.74) is 0.768. The molecule has 0 atom stereocenters. The van der Waals surface area contributed by atoms with Gasteiger partial charge < -0.3 is 10.1 Å². The molecule has 122 valence electrons. The molecule has 0 aliphatic carbocycles. The molecule has 0 unspecified atom stereocenters. The van der Waals surface area contributed by atoms with Gasteiger partial charge in [-0.15, -0.1) is 0 Å². The Morgan fingerprint density at radius 2 is 1.74 bits per heavy atom. The Labute approximate surface area is 137 Å². The summed E-state index contributed by atoms with van der Waals surface area (Å²) in [6.45, 7) is 2.18. The largest absolute Gasteiger partial charge is 0.424 e. The van der Waals surface area contributed by atoms with Gasteiger partial charge in [0.15, 0.2) is 0 Å². The van der Waals surface area contributed by atoms with Crippen molar-refractivity contribution in [2.75, 3.05) is 5.32 Å². The van der Waals surface area contributed by atoms with Gasteiger partial charge in [0.05, 0.1) is 0 Å². The molecule has 1 aromatic carbocycles. The van der Waals surface area contributed by atoms with Crippen LogP contribution in [0.1, 0.15) is 45.4 Å². The molecular weight excluding hydrogens is 290 g/mol. The Bertz CT molecular complexity index is 585. The number of rotatable bonds is 9. The average Bonchev–Trinajstić information content (AvgIpc) is 2.57. The van der Waals surface area contributed by atoms with Gasteiger partial charge in [0.1, 0.15) is 5.75 Å². The molecule has 0 aliphatic heterocycles. The van der Waals surface area contributed by atoms with Crippen molar-refractivity contribution in [1.82, 2.24) is 9.97 Å². The van der Waals surface area contributed by atoms with Gasteiger partial charge in [0.25, 0.3) is 0 Å². The van der Waals surface area contributed by atoms with Crippen molar-refractivity contribution in [3.8, 4) is 11.8 Å². The number of carbonyl (C=O) groups excluding carboxylic acids is 1. The third kappa shape index (κ3) is 6.46. The number of carbonyl (C=O) groups is 1. The molecule has 0 saturated carbocycles. The summed E-state index contributed by atoms with van der Waals surface area (Å²) >= 11 is 0. The molecule has 2 rings (SSSR count). The van der Waals surface area contributed by atoms with Crippen molar-refractivity contribution < 1.29 is 9.53 Å². The Balaban J connectivity index is 1.75. The van der Waals surface area contributed by atoms with E-state index in [0.717, 1.165) is 18.5 Å². The Hall–Kier alpha value is -2.43. The lowest BCUT2D eigenvalue weighted by atomic mass is 10.1. The lowest BCUT2D eigenvalue weighted by Crippen LogP contribution is -2.10. The smallest absolute Gasteiger partial charge is 0.321 e. The minimum absolute atomic E-state index is 0.0570. The molecule has 1 amide bonds. The van der Waals surface area contributed by atoms with Gasteiger partial charge in [-0.2, -0.15) is 0 Å². The first-order valence-corrected chi connectivity index (χ1v) is 8.12. The van der Waals surface area contributed by atoms with Crippen LogP contribution >= 0.6 is 0 Å². The van der Waals surface area contributed by atoms with Gasteiger partial charge in [0, 0.05) is 24.5 Å². The number of anilines is 1. The zero-order valence-electron chi connectivity index (χ0n) is 13.5. The van der Waals surface area contributed by atoms with Crippen molar-refractivity contribution >= 4 is 11.6 Å². The number of unbranched alkanes of at least 4 members (excludes halogenated alkanes) is 4. The lowest BCUT2D eigenvalue weighted by Gasteiger charge is -2.07. The molecule has 0 spiro atoms. The fourth-order valence-electron chi connectivity index (χ4n) is 2.16. The highest BCUT2D eigenvalue weighted by atomic mass is 16.5. The van der Waals surface area contributed by atoms with Crippen molar-refractivity contribution in [3.63, 3.8) is 0 Å². The van der Waals surface area contributed by atoms with Crippen molar-refractivity contribution in [2.45, 2.75) is 45.4 Å². The van der Waals surface area contributed by atoms with E-state index < -0.39 is 0 Å². The van der Waals surface area contributed by atoms with E-state index in [-0.39, 0.29) is 5.91 Å². The van der Waals surface area contributed by atoms with Crippen molar-refractivity contribution in [1.29, 1.82) is 0 Å². The maximum absolute atomic E-state index is 11.9. The third-order valence-corrected chi connectivity index (χ3v) is 3.40. The van der Waals surface area contributed by atoms with Gasteiger partial charge in [-0.25, -0.2) is 9.97 Å². The first-order chi connectivity index (χ1) is 11.3. The molecule has 1 heterocycles. The standard InChI is InChI=1S/C18H23N3O2/c1-2-3-4-5-6-8-17(22)21-15-9-11-16(12-10-15)23-18-19-13-7-14-20-18/h7,9-14H,2-6,8H2,1H3,(H,21,22). The zero-order chi connectivity index (χ0) is 16.3. The van der Waals surface area contributed by atoms with E-state index in [1.165, 1.54) is 19.3 Å². The zero-order valence-corrected chi connectivity index (χ0v) is 13.5. The number of benzene rings is 1. The SMILES string of the molecule is CCCCCCCC(=O)Nc1ccc(Oc2ncccn2)cc1. The molecule has 1 aromatic heterocycles. The van der Waals surface area contributed by atoms with E-state index >= 15 is 0 Å². The average molecular weight is 313 g/mol. The minimum Gasteiger partial charge on any atom is -0.424 e. The Kier molecular flexibility index (Phi) is 7.04. The summed E-state index contributed by atoms with van der Waals surface area (Å²) in [6.07, 6.45) is 9.54. The fourth-order valence-corrected chi connectivity index (χ4v) is 2.16. The number of nitrogens with one attached hydrogen (secondary N) is 1. The number of aromatic nitrogens is 2. The molecule has 0 fully saturated rings. The molecule has 2 aromatic rings. The third-order valence-electron chi connectivity index (χ3n) is 3.40. The van der Waals surface area contributed by atoms with Crippen LogP contribution in [0.5, 0.6) is 11.8 Å². The molecule has 0 saturated heterocycles. The number of hydrogen-bond donors (Lipinski definition) is 1. The van der Waals surface area contributed by atoms with E-state index in [9.17, 15) is 4.79 Å². The summed E-state index contributed by atoms with van der Waals surface area (Å²) in [7, 11) is 0. The molecule has 0 aliphatic rings. The second-order valence-corrected chi connectivity index (χ2v) is 5.37. The van der Waals surface area contributed by atoms with E-state index in [2.05, 4.69) is 22.2 Å². The van der Waals surface area contributed by atoms with Gasteiger partial charge >= 0.3 is 6.01 Å². The maximum atomic E-state index is 11.9. The van der Waals surface area contributed by atoms with Gasteiger partial charge in [-0.05, 0) is 36.8 Å². The molecule has 1 N–H and O–H groups in total. The van der Waals surface area contributed by atoms with Crippen LogP contribution in [-0.2, 0) is 4.79 Å². The normalized spacial score (nSPS) is 10.3. The van der Waals surface area contributed by atoms with Crippen LogP contribution in [0.15, 0.2) is 42.7 Å². The van der Waals surface area contributed by atoms with Gasteiger partial charge in [0.2, 0.25) is 5.91 Å². The number of ether oxygens (including phenoxy) is 1. The Morgan fingerprint density at radius 3 is 2.43 bits per heavy atom. The Morgan fingerprint density at radius 1 is 1.04 bits per heavy atom. The summed E-state index contributed by atoms with van der Waals surface area (Å²) in [6, 6.07) is 9.23. The summed E-state index contributed by atoms with van der Waals surface area (Å²) < 4.78 is 5.51. The van der Waals surface area contributed by atoms with Crippen LogP contribution < -0.4 is 10.1 Å². The van der Waals surface area contributed by atoms with Gasteiger partial charge in [-0.3, -0.25) is 4.79 Å². The van der Waals surface area contributed by atoms with Crippen molar-refractivity contribution in [2.24, 2.45) is 0 Å². The highest BCUT2D eigenvalue weighted by Gasteiger charge is 2.03. The molecule has 0 radical (unpaired) electrons. The van der Waals surface area contributed by atoms with Crippen LogP contribution in [0, 0.1) is 0 Å². The van der Waals surface area contributed by atoms with Crippen LogP contribution in [0.2, 0.25) is 0 Å². The predicted molar refractivity (Wildman–Crippen MR) is 90.6 cm³/mol. The monoisotopic (exact) mass is 313 g/mol. The first kappa shape index (κ1) is 16.9. The highest BCUT2D eigenvalue weighted by Crippen LogP contribution is 2.20. The topological polar surface area (TPSA) is 64.1 Å². The number of nitrogens with zero attached hydrogens (tertiary/aromatic N) is 2. The van der Waals surface area contributed by atoms with Crippen molar-refractivity contribution in [3.05, 3.63) is 42.7 Å². The molecule has 5 nitrogen and oxygen atoms in total. The fraction of sp³-hybridized carbons (Fsp3) is 0.389. The quantitative estimate of drug-likeness (QED) is 0.689. The van der Waals surface area contributed by atoms with E-state index in [1.54, 1.807) is 30.6 Å². The van der Waals surface area contributed by atoms with Crippen LogP contribution in [0.25, 0.3) is 0 Å². The second-order valence-electron chi connectivity index (χ2n) is 5.37. The maximum Gasteiger partial charge on any atom is 0.321 e. The number of amides is 1. The summed E-state index contributed by atoms with van der Waals surface area (Å²) in [4.78, 5) is 19.9. The minimum atomic E-state index is 0.0570. The van der Waals surface area contributed by atoms with E-state index in [4.69, 9.17) is 4.74 Å². The molecule has 23 heavy (non-hydrogen) atoms. The predicted octanol–water partition coefficient (Wildman–Crippen LogP) is 4.57. The summed E-state index contributed by atoms with van der Waals surface area (Å²) in [5.74, 6) is 0.690. The molecular formula is C18H23N3O2. The van der Waals surface area contributed by atoms with E-state index in [0.29, 0.717) is 18.2 Å².